The van der Waals surface area contributed by atoms with E-state index in [2.05, 4.69) is 0 Å². The number of nitrogens with two attached hydrogens (primary N) is 1. The van der Waals surface area contributed by atoms with Crippen molar-refractivity contribution >= 4 is 0 Å². The average Bonchev–Trinajstić information content (AvgIpc) is 2.25. The van der Waals surface area contributed by atoms with Crippen LogP contribution in [0.25, 0.3) is 0 Å². The lowest BCUT2D eigenvalue weighted by Crippen LogP contribution is -2.12. The monoisotopic (exact) mass is 227 g/mol. The molecular formula is C12H18FNO2. The number of halogens is 1. The normalized spacial score (nSPS) is 11.4. The molecule has 0 bridgehead atoms. The summed E-state index contributed by atoms with van der Waals surface area (Å²) in [7, 11) is 3.05. The Morgan fingerprint density at radius 1 is 1.19 bits per heavy atom. The highest BCUT2D eigenvalue weighted by atomic mass is 19.1. The van der Waals surface area contributed by atoms with Crippen molar-refractivity contribution in [3.8, 4) is 11.5 Å². The predicted molar refractivity (Wildman–Crippen MR) is 61.6 cm³/mol. The van der Waals surface area contributed by atoms with E-state index in [-0.39, 0.29) is 0 Å². The Hall–Kier alpha value is -1.29. The zero-order valence-corrected chi connectivity index (χ0v) is 10.1. The largest absolute Gasteiger partial charge is 0.496 e. The number of hydrogen-bond acceptors (Lipinski definition) is 3. The van der Waals surface area contributed by atoms with Crippen molar-refractivity contribution in [1.29, 1.82) is 0 Å². The standard InChI is InChI=1S/C12H18FNO2/c1-12(2,13)9-6-10(15-3)8(7-14)5-11(9)16-4/h5-6H,7,14H2,1-4H3. The molecule has 0 unspecified atom stereocenters. The van der Waals surface area contributed by atoms with Gasteiger partial charge in [-0.3, -0.25) is 0 Å². The molecule has 0 aliphatic carbocycles. The van der Waals surface area contributed by atoms with Gasteiger partial charge in [0.2, 0.25) is 0 Å². The highest BCUT2D eigenvalue weighted by Gasteiger charge is 2.25. The lowest BCUT2D eigenvalue weighted by atomic mass is 9.96. The summed E-state index contributed by atoms with van der Waals surface area (Å²) in [5.74, 6) is 1.08. The molecule has 0 aliphatic rings. The van der Waals surface area contributed by atoms with Gasteiger partial charge < -0.3 is 15.2 Å². The van der Waals surface area contributed by atoms with Crippen LogP contribution in [0.2, 0.25) is 0 Å². The van der Waals surface area contributed by atoms with E-state index >= 15 is 0 Å². The van der Waals surface area contributed by atoms with Gasteiger partial charge in [0.25, 0.3) is 0 Å². The molecule has 1 rings (SSSR count). The maximum Gasteiger partial charge on any atom is 0.134 e. The van der Waals surface area contributed by atoms with Crippen LogP contribution >= 0.6 is 0 Å². The Balaban J connectivity index is 3.38. The summed E-state index contributed by atoms with van der Waals surface area (Å²) in [6.07, 6.45) is 0. The van der Waals surface area contributed by atoms with Gasteiger partial charge in [0.15, 0.2) is 0 Å². The first-order valence-corrected chi connectivity index (χ1v) is 5.08. The van der Waals surface area contributed by atoms with Crippen LogP contribution in [0.4, 0.5) is 4.39 Å². The quantitative estimate of drug-likeness (QED) is 0.858. The fourth-order valence-corrected chi connectivity index (χ4v) is 1.59. The second-order valence-corrected chi connectivity index (χ2v) is 4.04. The number of hydrogen-bond donors (Lipinski definition) is 1. The minimum absolute atomic E-state index is 0.326. The van der Waals surface area contributed by atoms with Gasteiger partial charge in [-0.2, -0.15) is 0 Å². The van der Waals surface area contributed by atoms with E-state index in [1.165, 1.54) is 28.1 Å². The van der Waals surface area contributed by atoms with Gasteiger partial charge >= 0.3 is 0 Å². The molecule has 0 atom stereocenters. The summed E-state index contributed by atoms with van der Waals surface area (Å²) in [6, 6.07) is 3.36. The van der Waals surface area contributed by atoms with Crippen molar-refractivity contribution in [3.05, 3.63) is 23.3 Å². The molecule has 0 saturated heterocycles. The molecule has 0 aliphatic heterocycles. The molecule has 0 aromatic heterocycles. The third-order valence-corrected chi connectivity index (χ3v) is 2.46. The average molecular weight is 227 g/mol. The molecule has 0 amide bonds. The van der Waals surface area contributed by atoms with Crippen molar-refractivity contribution in [2.24, 2.45) is 5.73 Å². The van der Waals surface area contributed by atoms with Crippen molar-refractivity contribution in [2.45, 2.75) is 26.1 Å². The lowest BCUT2D eigenvalue weighted by Gasteiger charge is -2.20. The molecule has 1 aromatic rings. The lowest BCUT2D eigenvalue weighted by molar-refractivity contribution is 0.212. The number of rotatable bonds is 4. The first kappa shape index (κ1) is 12.8. The Labute approximate surface area is 95.4 Å². The van der Waals surface area contributed by atoms with Crippen molar-refractivity contribution < 1.29 is 13.9 Å². The van der Waals surface area contributed by atoms with Gasteiger partial charge in [-0.05, 0) is 26.0 Å². The highest BCUT2D eigenvalue weighted by Crippen LogP contribution is 2.37. The van der Waals surface area contributed by atoms with Crippen molar-refractivity contribution in [2.75, 3.05) is 14.2 Å². The van der Waals surface area contributed by atoms with Crippen LogP contribution in [-0.4, -0.2) is 14.2 Å². The van der Waals surface area contributed by atoms with Crippen LogP contribution in [0.5, 0.6) is 11.5 Å². The van der Waals surface area contributed by atoms with E-state index in [9.17, 15) is 4.39 Å². The molecule has 90 valence electrons. The SMILES string of the molecule is COc1cc(C(C)(C)F)c(OC)cc1CN. The van der Waals surface area contributed by atoms with E-state index in [0.29, 0.717) is 23.6 Å². The van der Waals surface area contributed by atoms with E-state index in [4.69, 9.17) is 15.2 Å². The summed E-state index contributed by atoms with van der Waals surface area (Å²) >= 11 is 0. The van der Waals surface area contributed by atoms with Gasteiger partial charge in [-0.1, -0.05) is 0 Å². The topological polar surface area (TPSA) is 44.5 Å². The molecule has 3 nitrogen and oxygen atoms in total. The van der Waals surface area contributed by atoms with Crippen LogP contribution < -0.4 is 15.2 Å². The number of benzene rings is 1. The summed E-state index contributed by atoms with van der Waals surface area (Å²) in [5, 5.41) is 0. The molecule has 0 saturated carbocycles. The number of methoxy groups -OCH3 is 2. The summed E-state index contributed by atoms with van der Waals surface area (Å²) < 4.78 is 24.3. The minimum Gasteiger partial charge on any atom is -0.496 e. The van der Waals surface area contributed by atoms with Gasteiger partial charge in [-0.15, -0.1) is 0 Å². The molecule has 4 heteroatoms. The number of ether oxygens (including phenoxy) is 2. The van der Waals surface area contributed by atoms with Crippen LogP contribution in [0.3, 0.4) is 0 Å². The van der Waals surface area contributed by atoms with Gasteiger partial charge in [0, 0.05) is 17.7 Å². The van der Waals surface area contributed by atoms with Gasteiger partial charge in [0.1, 0.15) is 17.2 Å². The van der Waals surface area contributed by atoms with Crippen LogP contribution in [0, 0.1) is 0 Å². The van der Waals surface area contributed by atoms with E-state index in [1.54, 1.807) is 12.1 Å². The zero-order valence-electron chi connectivity index (χ0n) is 10.1. The fraction of sp³-hybridized carbons (Fsp3) is 0.500. The van der Waals surface area contributed by atoms with Crippen molar-refractivity contribution in [1.82, 2.24) is 0 Å². The third-order valence-electron chi connectivity index (χ3n) is 2.46. The third kappa shape index (κ3) is 2.44. The molecule has 0 fully saturated rings. The molecule has 0 heterocycles. The first-order valence-electron chi connectivity index (χ1n) is 5.08. The highest BCUT2D eigenvalue weighted by molar-refractivity contribution is 5.48. The Kier molecular flexibility index (Phi) is 3.75. The minimum atomic E-state index is -1.48. The second-order valence-electron chi connectivity index (χ2n) is 4.04. The van der Waals surface area contributed by atoms with Crippen molar-refractivity contribution in [3.63, 3.8) is 0 Å². The van der Waals surface area contributed by atoms with Crippen LogP contribution in [0.1, 0.15) is 25.0 Å². The zero-order chi connectivity index (χ0) is 12.3. The maximum atomic E-state index is 14.0. The molecule has 0 radical (unpaired) electrons. The maximum absolute atomic E-state index is 14.0. The Morgan fingerprint density at radius 2 is 1.75 bits per heavy atom. The fourth-order valence-electron chi connectivity index (χ4n) is 1.59. The molecular weight excluding hydrogens is 209 g/mol. The second kappa shape index (κ2) is 4.70. The van der Waals surface area contributed by atoms with Crippen LogP contribution in [0.15, 0.2) is 12.1 Å². The Morgan fingerprint density at radius 3 is 2.12 bits per heavy atom. The molecule has 16 heavy (non-hydrogen) atoms. The van der Waals surface area contributed by atoms with Gasteiger partial charge in [-0.25, -0.2) is 4.39 Å². The Bertz CT molecular complexity index is 372. The van der Waals surface area contributed by atoms with Crippen LogP contribution in [-0.2, 0) is 12.2 Å². The van der Waals surface area contributed by atoms with E-state index in [1.807, 2.05) is 0 Å². The first-order chi connectivity index (χ1) is 7.43. The molecule has 0 spiro atoms. The van der Waals surface area contributed by atoms with E-state index in [0.717, 1.165) is 5.56 Å². The number of alkyl halides is 1. The molecule has 1 aromatic carbocycles. The predicted octanol–water partition coefficient (Wildman–Crippen LogP) is 2.37. The summed E-state index contributed by atoms with van der Waals surface area (Å²) in [5.41, 5.74) is 5.36. The smallest absolute Gasteiger partial charge is 0.134 e. The molecule has 2 N–H and O–H groups in total. The summed E-state index contributed by atoms with van der Waals surface area (Å²) in [4.78, 5) is 0. The van der Waals surface area contributed by atoms with Gasteiger partial charge in [0.05, 0.1) is 14.2 Å². The summed E-state index contributed by atoms with van der Waals surface area (Å²) in [6.45, 7) is 3.28. The van der Waals surface area contributed by atoms with E-state index < -0.39 is 5.67 Å².